The summed E-state index contributed by atoms with van der Waals surface area (Å²) in [5.41, 5.74) is 0. The molecule has 1 aliphatic heterocycles. The van der Waals surface area contributed by atoms with Crippen LogP contribution in [0.25, 0.3) is 0 Å². The number of nitrogens with one attached hydrogen (secondary N) is 1. The lowest BCUT2D eigenvalue weighted by Crippen LogP contribution is -2.35. The molecule has 1 amide bonds. The molecular formula is C14H19NO4. The number of amides is 1. The fourth-order valence-electron chi connectivity index (χ4n) is 2.00. The van der Waals surface area contributed by atoms with Gasteiger partial charge in [-0.1, -0.05) is 0 Å². The molecule has 1 aliphatic rings. The second-order valence-corrected chi connectivity index (χ2v) is 4.70. The lowest BCUT2D eigenvalue weighted by molar-refractivity contribution is -0.122. The Morgan fingerprint density at radius 2 is 2.42 bits per heavy atom. The third-order valence-corrected chi connectivity index (χ3v) is 2.99. The summed E-state index contributed by atoms with van der Waals surface area (Å²) in [6.07, 6.45) is 4.81. The molecule has 0 aromatic carbocycles. The number of carbonyl (C=O) groups is 1. The minimum absolute atomic E-state index is 0.168. The number of ether oxygens (including phenoxy) is 1. The Hall–Kier alpha value is -1.75. The maximum Gasteiger partial charge on any atom is 0.286 e. The van der Waals surface area contributed by atoms with E-state index in [0.29, 0.717) is 24.5 Å². The molecule has 1 aromatic rings. The number of hydrogen-bond donors (Lipinski definition) is 2. The summed E-state index contributed by atoms with van der Waals surface area (Å²) in [6, 6.07) is 3.27. The molecular weight excluding hydrogens is 246 g/mol. The van der Waals surface area contributed by atoms with Crippen LogP contribution in [-0.2, 0) is 9.53 Å². The van der Waals surface area contributed by atoms with Crippen molar-refractivity contribution in [2.24, 2.45) is 0 Å². The van der Waals surface area contributed by atoms with Crippen LogP contribution in [0.3, 0.4) is 0 Å². The van der Waals surface area contributed by atoms with Crippen molar-refractivity contribution >= 4 is 5.91 Å². The molecule has 5 heteroatoms. The van der Waals surface area contributed by atoms with Gasteiger partial charge in [-0.25, -0.2) is 0 Å². The minimum Gasteiger partial charge on any atom is -0.488 e. The molecule has 0 saturated heterocycles. The van der Waals surface area contributed by atoms with E-state index >= 15 is 0 Å². The molecule has 19 heavy (non-hydrogen) atoms. The first-order chi connectivity index (χ1) is 9.16. The highest BCUT2D eigenvalue weighted by atomic mass is 16.5. The number of carbonyl (C=O) groups excluding carboxylic acids is 1. The van der Waals surface area contributed by atoms with Crippen molar-refractivity contribution in [2.75, 3.05) is 6.61 Å². The molecule has 2 unspecified atom stereocenters. The molecule has 2 heterocycles. The molecule has 2 atom stereocenters. The SMILES string of the molecule is CC(CC(O)c1ccco1)NC(=O)C1=CCCCO1. The van der Waals surface area contributed by atoms with E-state index < -0.39 is 6.10 Å². The third-order valence-electron chi connectivity index (χ3n) is 2.99. The second kappa shape index (κ2) is 6.43. The summed E-state index contributed by atoms with van der Waals surface area (Å²) in [6.45, 7) is 2.43. The number of aliphatic hydroxyl groups excluding tert-OH is 1. The van der Waals surface area contributed by atoms with Crippen LogP contribution in [0.2, 0.25) is 0 Å². The molecule has 5 nitrogen and oxygen atoms in total. The third kappa shape index (κ3) is 3.86. The number of allylic oxidation sites excluding steroid dienone is 1. The van der Waals surface area contributed by atoms with Crippen LogP contribution in [0.5, 0.6) is 0 Å². The fraction of sp³-hybridized carbons (Fsp3) is 0.500. The first-order valence-electron chi connectivity index (χ1n) is 6.52. The summed E-state index contributed by atoms with van der Waals surface area (Å²) in [4.78, 5) is 11.9. The zero-order chi connectivity index (χ0) is 13.7. The van der Waals surface area contributed by atoms with E-state index in [1.165, 1.54) is 6.26 Å². The maximum atomic E-state index is 11.9. The average molecular weight is 265 g/mol. The van der Waals surface area contributed by atoms with E-state index in [9.17, 15) is 9.90 Å². The van der Waals surface area contributed by atoms with Crippen LogP contribution in [-0.4, -0.2) is 23.7 Å². The standard InChI is InChI=1S/C14H19NO4/c1-10(9-11(16)12-6-4-8-18-12)15-14(17)13-5-2-3-7-19-13/h4-6,8,10-11,16H,2-3,7,9H2,1H3,(H,15,17). The van der Waals surface area contributed by atoms with Gasteiger partial charge in [0.15, 0.2) is 5.76 Å². The van der Waals surface area contributed by atoms with Crippen LogP contribution >= 0.6 is 0 Å². The van der Waals surface area contributed by atoms with Gasteiger partial charge < -0.3 is 19.6 Å². The van der Waals surface area contributed by atoms with Gasteiger partial charge in [-0.2, -0.15) is 0 Å². The Bertz CT molecular complexity index is 438. The quantitative estimate of drug-likeness (QED) is 0.853. The van der Waals surface area contributed by atoms with Gasteiger partial charge in [-0.15, -0.1) is 0 Å². The second-order valence-electron chi connectivity index (χ2n) is 4.70. The van der Waals surface area contributed by atoms with E-state index in [-0.39, 0.29) is 11.9 Å². The number of furan rings is 1. The highest BCUT2D eigenvalue weighted by Gasteiger charge is 2.19. The van der Waals surface area contributed by atoms with Gasteiger partial charge >= 0.3 is 0 Å². The maximum absolute atomic E-state index is 11.9. The fourth-order valence-corrected chi connectivity index (χ4v) is 2.00. The lowest BCUT2D eigenvalue weighted by Gasteiger charge is -2.19. The van der Waals surface area contributed by atoms with Gasteiger partial charge in [0.2, 0.25) is 0 Å². The molecule has 0 fully saturated rings. The van der Waals surface area contributed by atoms with Crippen LogP contribution in [0.4, 0.5) is 0 Å². The van der Waals surface area contributed by atoms with Crippen molar-refractivity contribution in [3.05, 3.63) is 36.0 Å². The van der Waals surface area contributed by atoms with E-state index in [0.717, 1.165) is 12.8 Å². The van der Waals surface area contributed by atoms with Crippen LogP contribution in [0, 0.1) is 0 Å². The molecule has 0 aliphatic carbocycles. The molecule has 0 saturated carbocycles. The Morgan fingerprint density at radius 1 is 1.58 bits per heavy atom. The Labute approximate surface area is 112 Å². The van der Waals surface area contributed by atoms with Crippen LogP contribution in [0.1, 0.15) is 38.1 Å². The molecule has 0 spiro atoms. The van der Waals surface area contributed by atoms with E-state index in [4.69, 9.17) is 9.15 Å². The van der Waals surface area contributed by atoms with Crippen molar-refractivity contribution < 1.29 is 19.1 Å². The highest BCUT2D eigenvalue weighted by molar-refractivity contribution is 5.91. The number of rotatable bonds is 5. The smallest absolute Gasteiger partial charge is 0.286 e. The normalized spacial score (nSPS) is 18.1. The number of aliphatic hydroxyl groups is 1. The van der Waals surface area contributed by atoms with Crippen molar-refractivity contribution in [3.8, 4) is 0 Å². The molecule has 2 rings (SSSR count). The van der Waals surface area contributed by atoms with Gasteiger partial charge in [-0.05, 0) is 38.0 Å². The van der Waals surface area contributed by atoms with Gasteiger partial charge in [0.25, 0.3) is 5.91 Å². The zero-order valence-electron chi connectivity index (χ0n) is 11.0. The van der Waals surface area contributed by atoms with E-state index in [1.807, 2.05) is 6.92 Å². The Morgan fingerprint density at radius 3 is 3.05 bits per heavy atom. The van der Waals surface area contributed by atoms with E-state index in [1.54, 1.807) is 18.2 Å². The van der Waals surface area contributed by atoms with Crippen LogP contribution in [0.15, 0.2) is 34.6 Å². The summed E-state index contributed by atoms with van der Waals surface area (Å²) in [5, 5.41) is 12.7. The molecule has 0 radical (unpaired) electrons. The van der Waals surface area contributed by atoms with Gasteiger partial charge in [0.1, 0.15) is 11.9 Å². The summed E-state index contributed by atoms with van der Waals surface area (Å²) in [7, 11) is 0. The van der Waals surface area contributed by atoms with Crippen molar-refractivity contribution in [1.82, 2.24) is 5.32 Å². The minimum atomic E-state index is -0.716. The first-order valence-corrected chi connectivity index (χ1v) is 6.52. The molecule has 0 bridgehead atoms. The topological polar surface area (TPSA) is 71.7 Å². The van der Waals surface area contributed by atoms with Gasteiger partial charge in [0, 0.05) is 12.5 Å². The monoisotopic (exact) mass is 265 g/mol. The van der Waals surface area contributed by atoms with Crippen molar-refractivity contribution in [3.63, 3.8) is 0 Å². The van der Waals surface area contributed by atoms with Crippen molar-refractivity contribution in [2.45, 2.75) is 38.3 Å². The van der Waals surface area contributed by atoms with E-state index in [2.05, 4.69) is 5.32 Å². The lowest BCUT2D eigenvalue weighted by atomic mass is 10.1. The molecule has 1 aromatic heterocycles. The van der Waals surface area contributed by atoms with Crippen molar-refractivity contribution in [1.29, 1.82) is 0 Å². The summed E-state index contributed by atoms with van der Waals surface area (Å²) >= 11 is 0. The average Bonchev–Trinajstić information content (AvgIpc) is 2.93. The molecule has 2 N–H and O–H groups in total. The largest absolute Gasteiger partial charge is 0.488 e. The number of hydrogen-bond acceptors (Lipinski definition) is 4. The first kappa shape index (κ1) is 13.7. The zero-order valence-corrected chi connectivity index (χ0v) is 11.0. The predicted molar refractivity (Wildman–Crippen MR) is 69.2 cm³/mol. The predicted octanol–water partition coefficient (Wildman–Crippen LogP) is 1.90. The Kier molecular flexibility index (Phi) is 4.63. The summed E-state index contributed by atoms with van der Waals surface area (Å²) in [5.74, 6) is 0.665. The van der Waals surface area contributed by atoms with Gasteiger partial charge in [0.05, 0.1) is 12.9 Å². The molecule has 104 valence electrons. The Balaban J connectivity index is 1.82. The van der Waals surface area contributed by atoms with Gasteiger partial charge in [-0.3, -0.25) is 4.79 Å². The summed E-state index contributed by atoms with van der Waals surface area (Å²) < 4.78 is 10.4. The highest BCUT2D eigenvalue weighted by Crippen LogP contribution is 2.19. The van der Waals surface area contributed by atoms with Crippen LogP contribution < -0.4 is 5.32 Å².